The second kappa shape index (κ2) is 7.91. The number of carbonyl (C=O) groups is 1. The third-order valence-corrected chi connectivity index (χ3v) is 5.34. The van der Waals surface area contributed by atoms with Gasteiger partial charge in [-0.1, -0.05) is 30.3 Å². The first-order valence-electron chi connectivity index (χ1n) is 9.81. The summed E-state index contributed by atoms with van der Waals surface area (Å²) < 4.78 is 3.73. The highest BCUT2D eigenvalue weighted by molar-refractivity contribution is 5.82. The zero-order valence-electron chi connectivity index (χ0n) is 16.7. The summed E-state index contributed by atoms with van der Waals surface area (Å²) in [6.45, 7) is 2.80. The molecule has 0 spiro atoms. The average molecular weight is 388 g/mol. The van der Waals surface area contributed by atoms with E-state index in [2.05, 4.69) is 14.9 Å². The molecule has 2 aromatic carbocycles. The van der Waals surface area contributed by atoms with Crippen LogP contribution in [0.25, 0.3) is 21.9 Å². The van der Waals surface area contributed by atoms with Gasteiger partial charge in [0.15, 0.2) is 0 Å². The van der Waals surface area contributed by atoms with Gasteiger partial charge in [0.25, 0.3) is 5.56 Å². The number of nitrogens with one attached hydrogen (secondary N) is 1. The molecule has 6 nitrogen and oxygen atoms in total. The summed E-state index contributed by atoms with van der Waals surface area (Å²) in [5.41, 5.74) is 3.79. The molecule has 148 valence electrons. The number of benzene rings is 2. The molecule has 2 heterocycles. The quantitative estimate of drug-likeness (QED) is 0.552. The van der Waals surface area contributed by atoms with Gasteiger partial charge in [-0.2, -0.15) is 0 Å². The molecule has 0 bridgehead atoms. The van der Waals surface area contributed by atoms with Crippen LogP contribution in [0.4, 0.5) is 0 Å². The third kappa shape index (κ3) is 3.78. The normalized spacial score (nSPS) is 11.2. The van der Waals surface area contributed by atoms with E-state index in [1.807, 2.05) is 62.5 Å². The van der Waals surface area contributed by atoms with Crippen LogP contribution in [0.3, 0.4) is 0 Å². The Morgan fingerprint density at radius 1 is 1.07 bits per heavy atom. The number of aryl methyl sites for hydroxylation is 3. The number of rotatable bonds is 6. The molecule has 0 saturated heterocycles. The molecule has 0 saturated carbocycles. The van der Waals surface area contributed by atoms with Gasteiger partial charge in [0.2, 0.25) is 5.91 Å². The zero-order chi connectivity index (χ0) is 20.4. The van der Waals surface area contributed by atoms with Crippen molar-refractivity contribution >= 4 is 27.8 Å². The van der Waals surface area contributed by atoms with E-state index >= 15 is 0 Å². The number of para-hydroxylation sites is 3. The van der Waals surface area contributed by atoms with E-state index < -0.39 is 0 Å². The van der Waals surface area contributed by atoms with Crippen molar-refractivity contribution in [2.45, 2.75) is 26.3 Å². The van der Waals surface area contributed by atoms with Crippen LogP contribution in [0.5, 0.6) is 0 Å². The molecule has 2 aromatic heterocycles. The molecule has 0 atom stereocenters. The van der Waals surface area contributed by atoms with Crippen molar-refractivity contribution < 1.29 is 4.79 Å². The van der Waals surface area contributed by atoms with Gasteiger partial charge in [-0.05, 0) is 30.7 Å². The van der Waals surface area contributed by atoms with E-state index in [-0.39, 0.29) is 17.9 Å². The van der Waals surface area contributed by atoms with Gasteiger partial charge < -0.3 is 14.5 Å². The van der Waals surface area contributed by atoms with Gasteiger partial charge in [0.05, 0.1) is 16.6 Å². The van der Waals surface area contributed by atoms with E-state index in [0.29, 0.717) is 19.5 Å². The molecule has 29 heavy (non-hydrogen) atoms. The zero-order valence-corrected chi connectivity index (χ0v) is 16.7. The Hall–Kier alpha value is -3.41. The summed E-state index contributed by atoms with van der Waals surface area (Å²) in [6.07, 6.45) is 0.917. The molecule has 0 aliphatic rings. The van der Waals surface area contributed by atoms with Gasteiger partial charge in [-0.15, -0.1) is 0 Å². The van der Waals surface area contributed by atoms with Crippen LogP contribution in [0.1, 0.15) is 17.8 Å². The third-order valence-electron chi connectivity index (χ3n) is 5.34. The lowest BCUT2D eigenvalue weighted by Crippen LogP contribution is -2.29. The fourth-order valence-electron chi connectivity index (χ4n) is 3.77. The number of hydrogen-bond donors (Lipinski definition) is 1. The van der Waals surface area contributed by atoms with Crippen molar-refractivity contribution in [3.8, 4) is 0 Å². The van der Waals surface area contributed by atoms with Gasteiger partial charge in [-0.25, -0.2) is 4.98 Å². The fraction of sp³-hybridized carbons (Fsp3) is 0.261. The van der Waals surface area contributed by atoms with Crippen LogP contribution < -0.4 is 10.9 Å². The molecule has 1 N–H and O–H groups in total. The number of nitrogens with zero attached hydrogens (tertiary/aromatic N) is 3. The van der Waals surface area contributed by atoms with Crippen molar-refractivity contribution in [2.24, 2.45) is 7.05 Å². The Morgan fingerprint density at radius 3 is 2.59 bits per heavy atom. The van der Waals surface area contributed by atoms with Crippen LogP contribution in [-0.2, 0) is 24.8 Å². The Kier molecular flexibility index (Phi) is 5.16. The summed E-state index contributed by atoms with van der Waals surface area (Å²) in [7, 11) is 1.99. The van der Waals surface area contributed by atoms with Crippen molar-refractivity contribution in [3.05, 3.63) is 76.3 Å². The minimum atomic E-state index is -0.0753. The average Bonchev–Trinajstić information content (AvgIpc) is 3.04. The first-order chi connectivity index (χ1) is 14.0. The number of imidazole rings is 1. The largest absolute Gasteiger partial charge is 0.356 e. The molecular weight excluding hydrogens is 364 g/mol. The smallest absolute Gasteiger partial charge is 0.251 e. The molecular formula is C23H24N4O2. The maximum absolute atomic E-state index is 12.4. The van der Waals surface area contributed by atoms with Gasteiger partial charge >= 0.3 is 0 Å². The number of pyridine rings is 1. The monoisotopic (exact) mass is 388 g/mol. The van der Waals surface area contributed by atoms with Gasteiger partial charge in [-0.3, -0.25) is 9.59 Å². The molecule has 0 fully saturated rings. The van der Waals surface area contributed by atoms with E-state index in [1.165, 1.54) is 0 Å². The van der Waals surface area contributed by atoms with Crippen LogP contribution >= 0.6 is 0 Å². The van der Waals surface area contributed by atoms with Crippen molar-refractivity contribution in [2.75, 3.05) is 6.54 Å². The molecule has 6 heteroatoms. The molecule has 0 radical (unpaired) electrons. The van der Waals surface area contributed by atoms with E-state index in [9.17, 15) is 9.59 Å². The highest BCUT2D eigenvalue weighted by atomic mass is 16.1. The second-order valence-electron chi connectivity index (χ2n) is 7.26. The highest BCUT2D eigenvalue weighted by Crippen LogP contribution is 2.16. The molecule has 4 aromatic rings. The van der Waals surface area contributed by atoms with Crippen LogP contribution in [0.15, 0.2) is 59.4 Å². The van der Waals surface area contributed by atoms with E-state index in [0.717, 1.165) is 33.3 Å². The number of fused-ring (bicyclic) bond motifs is 2. The maximum atomic E-state index is 12.4. The lowest BCUT2D eigenvalue weighted by molar-refractivity contribution is -0.121. The predicted octanol–water partition coefficient (Wildman–Crippen LogP) is 2.95. The molecule has 4 rings (SSSR count). The molecule has 1 amide bonds. The predicted molar refractivity (Wildman–Crippen MR) is 115 cm³/mol. The summed E-state index contributed by atoms with van der Waals surface area (Å²) in [5.74, 6) is 0.868. The van der Waals surface area contributed by atoms with Crippen LogP contribution in [-0.4, -0.2) is 26.6 Å². The van der Waals surface area contributed by atoms with Gasteiger partial charge in [0.1, 0.15) is 5.82 Å². The van der Waals surface area contributed by atoms with Crippen molar-refractivity contribution in [1.82, 2.24) is 19.4 Å². The Balaban J connectivity index is 1.38. The Labute approximate surface area is 168 Å². The number of carbonyl (C=O) groups excluding carboxylic acids is 1. The lowest BCUT2D eigenvalue weighted by Gasteiger charge is -2.12. The Morgan fingerprint density at radius 2 is 1.79 bits per heavy atom. The standard InChI is InChI=1S/C23H24N4O2/c1-16-15-23(29)27(19-9-5-3-7-17(16)19)14-12-22(28)24-13-11-21-25-18-8-4-6-10-20(18)26(21)2/h3-10,15H,11-14H2,1-2H3,(H,24,28). The van der Waals surface area contributed by atoms with Crippen molar-refractivity contribution in [1.29, 1.82) is 0 Å². The minimum absolute atomic E-state index is 0.0691. The van der Waals surface area contributed by atoms with E-state index in [4.69, 9.17) is 0 Å². The molecule has 0 aliphatic heterocycles. The highest BCUT2D eigenvalue weighted by Gasteiger charge is 2.10. The van der Waals surface area contributed by atoms with E-state index in [1.54, 1.807) is 10.6 Å². The van der Waals surface area contributed by atoms with Gasteiger partial charge in [0, 0.05) is 44.4 Å². The summed E-state index contributed by atoms with van der Waals surface area (Å²) in [6, 6.07) is 17.4. The summed E-state index contributed by atoms with van der Waals surface area (Å²) in [5, 5.41) is 3.98. The first-order valence-corrected chi connectivity index (χ1v) is 9.81. The fourth-order valence-corrected chi connectivity index (χ4v) is 3.77. The topological polar surface area (TPSA) is 68.9 Å². The summed E-state index contributed by atoms with van der Waals surface area (Å²) in [4.78, 5) is 29.4. The first kappa shape index (κ1) is 18.9. The SMILES string of the molecule is Cc1cc(=O)n(CCC(=O)NCCc2nc3ccccc3n2C)c2ccccc12. The minimum Gasteiger partial charge on any atom is -0.356 e. The molecule has 0 aliphatic carbocycles. The number of aromatic nitrogens is 3. The number of amides is 1. The lowest BCUT2D eigenvalue weighted by atomic mass is 10.1. The Bertz CT molecular complexity index is 1250. The van der Waals surface area contributed by atoms with Crippen LogP contribution in [0, 0.1) is 6.92 Å². The van der Waals surface area contributed by atoms with Crippen molar-refractivity contribution in [3.63, 3.8) is 0 Å². The number of hydrogen-bond acceptors (Lipinski definition) is 3. The van der Waals surface area contributed by atoms with Crippen LogP contribution in [0.2, 0.25) is 0 Å². The maximum Gasteiger partial charge on any atom is 0.251 e. The second-order valence-corrected chi connectivity index (χ2v) is 7.26. The summed E-state index contributed by atoms with van der Waals surface area (Å²) >= 11 is 0. The molecule has 0 unspecified atom stereocenters.